The number of carbonyl (C=O) groups excluding carboxylic acids is 2. The first-order valence-electron chi connectivity index (χ1n) is 9.20. The molecule has 0 spiro atoms. The summed E-state index contributed by atoms with van der Waals surface area (Å²) >= 11 is 0. The first-order chi connectivity index (χ1) is 14.8. The minimum Gasteiger partial charge on any atom is -0.504 e. The average Bonchev–Trinajstić information content (AvgIpc) is 2.78. The van der Waals surface area contributed by atoms with E-state index in [1.54, 1.807) is 12.1 Å². The van der Waals surface area contributed by atoms with Gasteiger partial charge in [-0.2, -0.15) is 0 Å². The summed E-state index contributed by atoms with van der Waals surface area (Å²) in [6.07, 6.45) is 2.81. The van der Waals surface area contributed by atoms with Crippen molar-refractivity contribution in [2.24, 2.45) is 0 Å². The van der Waals surface area contributed by atoms with E-state index >= 15 is 0 Å². The summed E-state index contributed by atoms with van der Waals surface area (Å²) in [7, 11) is 5.65. The predicted octanol–water partition coefficient (Wildman–Crippen LogP) is 2.04. The fraction of sp³-hybridized carbons (Fsp3) is 0.273. The number of ether oxygens (including phenoxy) is 4. The molecule has 166 valence electrons. The number of carbonyl (C=O) groups is 2. The fourth-order valence-electron chi connectivity index (χ4n) is 2.91. The molecule has 0 aliphatic rings. The van der Waals surface area contributed by atoms with Crippen LogP contribution < -0.4 is 19.5 Å². The molecular formula is C22H25NO8. The van der Waals surface area contributed by atoms with Crippen molar-refractivity contribution >= 4 is 18.0 Å². The molecule has 0 saturated carbocycles. The molecule has 0 aliphatic carbocycles. The zero-order valence-corrected chi connectivity index (χ0v) is 17.7. The quantitative estimate of drug-likeness (QED) is 0.313. The van der Waals surface area contributed by atoms with Crippen molar-refractivity contribution in [1.29, 1.82) is 0 Å². The lowest BCUT2D eigenvalue weighted by atomic mass is 10.0. The Morgan fingerprint density at radius 1 is 0.968 bits per heavy atom. The average molecular weight is 431 g/mol. The second-order valence-corrected chi connectivity index (χ2v) is 6.37. The van der Waals surface area contributed by atoms with Gasteiger partial charge >= 0.3 is 5.97 Å². The highest BCUT2D eigenvalue weighted by Crippen LogP contribution is 2.40. The first kappa shape index (κ1) is 23.4. The Labute approximate surface area is 179 Å². The van der Waals surface area contributed by atoms with Gasteiger partial charge in [0.2, 0.25) is 11.7 Å². The summed E-state index contributed by atoms with van der Waals surface area (Å²) < 4.78 is 20.7. The van der Waals surface area contributed by atoms with Gasteiger partial charge in [0.1, 0.15) is 6.04 Å². The van der Waals surface area contributed by atoms with Crippen molar-refractivity contribution in [3.05, 3.63) is 47.5 Å². The van der Waals surface area contributed by atoms with Crippen LogP contribution in [-0.2, 0) is 20.7 Å². The summed E-state index contributed by atoms with van der Waals surface area (Å²) in [5.41, 5.74) is 1.09. The molecule has 2 aromatic rings. The molecule has 1 atom stereocenters. The van der Waals surface area contributed by atoms with Gasteiger partial charge in [0.15, 0.2) is 23.0 Å². The van der Waals surface area contributed by atoms with E-state index in [9.17, 15) is 19.8 Å². The van der Waals surface area contributed by atoms with Gasteiger partial charge in [0.05, 0.1) is 28.4 Å². The standard InChI is InChI=1S/C22H25NO8/c1-28-18-9-6-14(20(29-2)21(18)30-3)7-10-19(26)23-15(22(27)31-4)11-13-5-8-16(24)17(25)12-13/h5-10,12,15,24-25H,11H2,1-4H3,(H,23,26). The summed E-state index contributed by atoms with van der Waals surface area (Å²) in [4.78, 5) is 24.6. The molecule has 9 nitrogen and oxygen atoms in total. The van der Waals surface area contributed by atoms with Crippen LogP contribution >= 0.6 is 0 Å². The molecule has 0 saturated heterocycles. The van der Waals surface area contributed by atoms with E-state index in [1.807, 2.05) is 0 Å². The number of nitrogens with one attached hydrogen (secondary N) is 1. The molecule has 0 aliphatic heterocycles. The molecular weight excluding hydrogens is 406 g/mol. The van der Waals surface area contributed by atoms with Gasteiger partial charge in [-0.3, -0.25) is 4.79 Å². The van der Waals surface area contributed by atoms with E-state index in [2.05, 4.69) is 5.32 Å². The largest absolute Gasteiger partial charge is 0.504 e. The third-order valence-electron chi connectivity index (χ3n) is 4.43. The van der Waals surface area contributed by atoms with Gasteiger partial charge in [0, 0.05) is 18.1 Å². The SMILES string of the molecule is COC(=O)C(Cc1ccc(O)c(O)c1)NC(=O)C=Cc1ccc(OC)c(OC)c1OC. The lowest BCUT2D eigenvalue weighted by Gasteiger charge is -2.16. The van der Waals surface area contributed by atoms with Crippen LogP contribution in [0, 0.1) is 0 Å². The van der Waals surface area contributed by atoms with Crippen molar-refractivity contribution in [2.45, 2.75) is 12.5 Å². The van der Waals surface area contributed by atoms with E-state index in [-0.39, 0.29) is 17.9 Å². The topological polar surface area (TPSA) is 124 Å². The summed E-state index contributed by atoms with van der Waals surface area (Å²) in [5, 5.41) is 21.6. The highest BCUT2D eigenvalue weighted by atomic mass is 16.5. The van der Waals surface area contributed by atoms with Crippen molar-refractivity contribution in [3.63, 3.8) is 0 Å². The van der Waals surface area contributed by atoms with Crippen LogP contribution in [0.2, 0.25) is 0 Å². The Balaban J connectivity index is 2.20. The first-order valence-corrected chi connectivity index (χ1v) is 9.20. The molecule has 1 unspecified atom stereocenters. The summed E-state index contributed by atoms with van der Waals surface area (Å²) in [5.74, 6) is -0.568. The maximum absolute atomic E-state index is 12.4. The van der Waals surface area contributed by atoms with Crippen molar-refractivity contribution in [1.82, 2.24) is 5.32 Å². The van der Waals surface area contributed by atoms with E-state index in [1.165, 1.54) is 58.8 Å². The summed E-state index contributed by atoms with van der Waals surface area (Å²) in [6, 6.07) is 6.50. The highest BCUT2D eigenvalue weighted by molar-refractivity contribution is 5.95. The fourth-order valence-corrected chi connectivity index (χ4v) is 2.91. The zero-order valence-electron chi connectivity index (χ0n) is 17.7. The van der Waals surface area contributed by atoms with Gasteiger partial charge in [-0.1, -0.05) is 6.07 Å². The molecule has 3 N–H and O–H groups in total. The number of esters is 1. The van der Waals surface area contributed by atoms with Gasteiger partial charge in [-0.15, -0.1) is 0 Å². The van der Waals surface area contributed by atoms with Crippen LogP contribution in [0.15, 0.2) is 36.4 Å². The second kappa shape index (κ2) is 10.8. The monoisotopic (exact) mass is 431 g/mol. The molecule has 9 heteroatoms. The Bertz CT molecular complexity index is 970. The van der Waals surface area contributed by atoms with E-state index in [0.29, 0.717) is 28.4 Å². The van der Waals surface area contributed by atoms with E-state index in [4.69, 9.17) is 18.9 Å². The minimum atomic E-state index is -1.00. The number of phenols is 2. The van der Waals surface area contributed by atoms with Gasteiger partial charge in [-0.25, -0.2) is 4.79 Å². The predicted molar refractivity (Wildman–Crippen MR) is 113 cm³/mol. The van der Waals surface area contributed by atoms with Crippen LogP contribution in [0.25, 0.3) is 6.08 Å². The van der Waals surface area contributed by atoms with Crippen molar-refractivity contribution in [2.75, 3.05) is 28.4 Å². The molecule has 0 aromatic heterocycles. The van der Waals surface area contributed by atoms with Crippen LogP contribution in [0.3, 0.4) is 0 Å². The van der Waals surface area contributed by atoms with Crippen molar-refractivity contribution < 1.29 is 38.7 Å². The number of amides is 1. The number of methoxy groups -OCH3 is 4. The Morgan fingerprint density at radius 3 is 2.26 bits per heavy atom. The molecule has 31 heavy (non-hydrogen) atoms. The smallest absolute Gasteiger partial charge is 0.328 e. The molecule has 0 fully saturated rings. The maximum atomic E-state index is 12.4. The molecule has 2 aromatic carbocycles. The van der Waals surface area contributed by atoms with Crippen LogP contribution in [-0.4, -0.2) is 56.6 Å². The number of hydrogen-bond donors (Lipinski definition) is 3. The van der Waals surface area contributed by atoms with E-state index < -0.39 is 17.9 Å². The molecule has 1 amide bonds. The lowest BCUT2D eigenvalue weighted by Crippen LogP contribution is -2.42. The zero-order chi connectivity index (χ0) is 23.0. The Hall–Kier alpha value is -3.88. The third-order valence-corrected chi connectivity index (χ3v) is 4.43. The van der Waals surface area contributed by atoms with Gasteiger partial charge in [0.25, 0.3) is 0 Å². The van der Waals surface area contributed by atoms with Gasteiger partial charge < -0.3 is 34.5 Å². The number of phenolic OH excluding ortho intramolecular Hbond substituents is 2. The third kappa shape index (κ3) is 5.81. The van der Waals surface area contributed by atoms with Crippen LogP contribution in [0.1, 0.15) is 11.1 Å². The molecule has 0 bridgehead atoms. The van der Waals surface area contributed by atoms with Crippen molar-refractivity contribution in [3.8, 4) is 28.7 Å². The lowest BCUT2D eigenvalue weighted by molar-refractivity contribution is -0.144. The second-order valence-electron chi connectivity index (χ2n) is 6.37. The number of benzene rings is 2. The number of aromatic hydroxyl groups is 2. The van der Waals surface area contributed by atoms with Crippen LogP contribution in [0.5, 0.6) is 28.7 Å². The van der Waals surface area contributed by atoms with E-state index in [0.717, 1.165) is 0 Å². The number of hydrogen-bond acceptors (Lipinski definition) is 8. The normalized spacial score (nSPS) is 11.6. The molecule has 0 radical (unpaired) electrons. The van der Waals surface area contributed by atoms with Crippen LogP contribution in [0.4, 0.5) is 0 Å². The molecule has 0 heterocycles. The highest BCUT2D eigenvalue weighted by Gasteiger charge is 2.22. The van der Waals surface area contributed by atoms with Gasteiger partial charge in [-0.05, 0) is 35.9 Å². The minimum absolute atomic E-state index is 0.0553. The maximum Gasteiger partial charge on any atom is 0.328 e. The number of rotatable bonds is 9. The Kier molecular flexibility index (Phi) is 8.13. The molecule has 2 rings (SSSR count). The Morgan fingerprint density at radius 2 is 1.68 bits per heavy atom. The summed E-state index contributed by atoms with van der Waals surface area (Å²) in [6.45, 7) is 0.